The molecule has 0 spiro atoms. The maximum Gasteiger partial charge on any atom is 0.409 e. The highest BCUT2D eigenvalue weighted by molar-refractivity contribution is 7.07. The average molecular weight is 445 g/mol. The molecule has 1 fully saturated rings. The topological polar surface area (TPSA) is 75.6 Å². The second kappa shape index (κ2) is 8.97. The van der Waals surface area contributed by atoms with Crippen LogP contribution in [-0.4, -0.2) is 64.6 Å². The van der Waals surface area contributed by atoms with Crippen LogP contribution in [0.3, 0.4) is 0 Å². The predicted molar refractivity (Wildman–Crippen MR) is 117 cm³/mol. The van der Waals surface area contributed by atoms with E-state index in [1.165, 1.54) is 11.3 Å². The Bertz CT molecular complexity index is 1070. The Hall–Kier alpha value is -2.71. The smallest absolute Gasteiger partial charge is 0.409 e. The van der Waals surface area contributed by atoms with E-state index in [2.05, 4.69) is 9.97 Å². The van der Waals surface area contributed by atoms with Gasteiger partial charge in [0.15, 0.2) is 0 Å². The molecule has 2 amide bonds. The Morgan fingerprint density at radius 1 is 1.13 bits per heavy atom. The lowest BCUT2D eigenvalue weighted by Crippen LogP contribution is -2.50. The Labute approximate surface area is 183 Å². The Balaban J connectivity index is 1.50. The van der Waals surface area contributed by atoms with E-state index >= 15 is 0 Å². The maximum atomic E-state index is 13.0. The number of carbonyl (C=O) groups excluding carboxylic acids is 2. The van der Waals surface area contributed by atoms with Crippen molar-refractivity contribution in [3.8, 4) is 11.4 Å². The average Bonchev–Trinajstić information content (AvgIpc) is 3.31. The monoisotopic (exact) mass is 444 g/mol. The minimum absolute atomic E-state index is 0.0875. The number of fused-ring (bicyclic) bond motifs is 1. The van der Waals surface area contributed by atoms with E-state index in [9.17, 15) is 9.59 Å². The minimum atomic E-state index is -0.317. The number of hydrogen-bond donors (Lipinski definition) is 0. The first kappa shape index (κ1) is 20.6. The summed E-state index contributed by atoms with van der Waals surface area (Å²) in [5.41, 5.74) is 4.37. The summed E-state index contributed by atoms with van der Waals surface area (Å²) in [6, 6.07) is 7.14. The molecule has 0 bridgehead atoms. The number of pyridine rings is 1. The number of carbonyl (C=O) groups is 2. The third kappa shape index (κ3) is 4.24. The summed E-state index contributed by atoms with van der Waals surface area (Å²) in [5.74, 6) is -0.0875. The van der Waals surface area contributed by atoms with Gasteiger partial charge in [-0.25, -0.2) is 14.8 Å². The van der Waals surface area contributed by atoms with Crippen molar-refractivity contribution in [1.29, 1.82) is 0 Å². The van der Waals surface area contributed by atoms with Gasteiger partial charge in [0.2, 0.25) is 0 Å². The van der Waals surface area contributed by atoms with Crippen molar-refractivity contribution in [2.24, 2.45) is 0 Å². The molecule has 1 aliphatic rings. The van der Waals surface area contributed by atoms with Crippen molar-refractivity contribution in [3.05, 3.63) is 45.7 Å². The number of amides is 2. The number of nitrogens with zero attached hydrogens (tertiary/aromatic N) is 4. The first-order valence-corrected chi connectivity index (χ1v) is 11.1. The minimum Gasteiger partial charge on any atom is -0.449 e. The van der Waals surface area contributed by atoms with E-state index in [1.54, 1.807) is 33.5 Å². The van der Waals surface area contributed by atoms with Gasteiger partial charge in [0.05, 0.1) is 34.0 Å². The summed E-state index contributed by atoms with van der Waals surface area (Å²) in [6.07, 6.45) is 0.469. The number of thiazole rings is 1. The highest BCUT2D eigenvalue weighted by atomic mass is 35.5. The van der Waals surface area contributed by atoms with Crippen molar-refractivity contribution in [2.75, 3.05) is 32.8 Å². The zero-order valence-corrected chi connectivity index (χ0v) is 18.1. The van der Waals surface area contributed by atoms with Gasteiger partial charge in [-0.15, -0.1) is 11.3 Å². The third-order valence-corrected chi connectivity index (χ3v) is 5.86. The molecule has 156 valence electrons. The number of aromatic nitrogens is 2. The standard InChI is InChI=1S/C21H21ClN4O3S/c1-2-9-29-21(28)26-7-5-25(6-8-26)20(27)14-3-4-15-16(22)11-18(24-17(15)10-14)19-12-30-13-23-19/h3-4,10-13H,2,5-9H2,1H3. The predicted octanol–water partition coefficient (Wildman–Crippen LogP) is 4.32. The van der Waals surface area contributed by atoms with Crippen LogP contribution in [0.2, 0.25) is 5.02 Å². The highest BCUT2D eigenvalue weighted by Crippen LogP contribution is 2.29. The summed E-state index contributed by atoms with van der Waals surface area (Å²) in [7, 11) is 0. The van der Waals surface area contributed by atoms with Gasteiger partial charge in [-0.3, -0.25) is 4.79 Å². The van der Waals surface area contributed by atoms with Crippen molar-refractivity contribution < 1.29 is 14.3 Å². The lowest BCUT2D eigenvalue weighted by molar-refractivity contribution is 0.0560. The fourth-order valence-electron chi connectivity index (χ4n) is 3.34. The number of hydrogen-bond acceptors (Lipinski definition) is 6. The highest BCUT2D eigenvalue weighted by Gasteiger charge is 2.26. The summed E-state index contributed by atoms with van der Waals surface area (Å²) >= 11 is 7.92. The van der Waals surface area contributed by atoms with Gasteiger partial charge in [-0.1, -0.05) is 24.6 Å². The third-order valence-electron chi connectivity index (χ3n) is 4.96. The van der Waals surface area contributed by atoms with Gasteiger partial charge in [-0.2, -0.15) is 0 Å². The van der Waals surface area contributed by atoms with Crippen molar-refractivity contribution in [3.63, 3.8) is 0 Å². The zero-order valence-electron chi connectivity index (χ0n) is 16.5. The van der Waals surface area contributed by atoms with Gasteiger partial charge in [0, 0.05) is 42.5 Å². The molecular formula is C21H21ClN4O3S. The largest absolute Gasteiger partial charge is 0.449 e. The number of piperazine rings is 1. The number of benzene rings is 1. The summed E-state index contributed by atoms with van der Waals surface area (Å²) in [4.78, 5) is 37.3. The molecule has 1 aromatic carbocycles. The van der Waals surface area contributed by atoms with E-state index in [0.717, 1.165) is 17.5 Å². The zero-order chi connectivity index (χ0) is 21.1. The van der Waals surface area contributed by atoms with E-state index in [-0.39, 0.29) is 12.0 Å². The Kier molecular flexibility index (Phi) is 6.15. The number of halogens is 1. The summed E-state index contributed by atoms with van der Waals surface area (Å²) in [6.45, 7) is 4.21. The molecule has 7 nitrogen and oxygen atoms in total. The molecule has 0 unspecified atom stereocenters. The van der Waals surface area contributed by atoms with Crippen molar-refractivity contribution in [2.45, 2.75) is 13.3 Å². The molecular weight excluding hydrogens is 424 g/mol. The van der Waals surface area contributed by atoms with E-state index in [4.69, 9.17) is 16.3 Å². The van der Waals surface area contributed by atoms with Crippen LogP contribution in [0.15, 0.2) is 35.2 Å². The maximum absolute atomic E-state index is 13.0. The second-order valence-corrected chi connectivity index (χ2v) is 8.11. The van der Waals surface area contributed by atoms with Gasteiger partial charge in [-0.05, 0) is 24.6 Å². The normalized spacial score (nSPS) is 14.2. The molecule has 0 saturated carbocycles. The second-order valence-electron chi connectivity index (χ2n) is 6.99. The lowest BCUT2D eigenvalue weighted by atomic mass is 10.1. The quantitative estimate of drug-likeness (QED) is 0.599. The molecule has 0 aliphatic carbocycles. The Morgan fingerprint density at radius 2 is 1.90 bits per heavy atom. The first-order valence-electron chi connectivity index (χ1n) is 9.76. The van der Waals surface area contributed by atoms with Crippen LogP contribution >= 0.6 is 22.9 Å². The summed E-state index contributed by atoms with van der Waals surface area (Å²) < 4.78 is 5.17. The number of rotatable bonds is 4. The first-order chi connectivity index (χ1) is 14.6. The van der Waals surface area contributed by atoms with Gasteiger partial charge < -0.3 is 14.5 Å². The van der Waals surface area contributed by atoms with Gasteiger partial charge in [0.1, 0.15) is 0 Å². The summed E-state index contributed by atoms with van der Waals surface area (Å²) in [5, 5.41) is 3.27. The van der Waals surface area contributed by atoms with Gasteiger partial charge in [0.25, 0.3) is 5.91 Å². The van der Waals surface area contributed by atoms with Crippen LogP contribution in [0, 0.1) is 0 Å². The van der Waals surface area contributed by atoms with Crippen LogP contribution in [0.1, 0.15) is 23.7 Å². The molecule has 3 aromatic rings. The SMILES string of the molecule is CCCOC(=O)N1CCN(C(=O)c2ccc3c(Cl)cc(-c4cscn4)nc3c2)CC1. The molecule has 4 rings (SSSR count). The fourth-order valence-corrected chi connectivity index (χ4v) is 4.15. The van der Waals surface area contributed by atoms with Crippen molar-refractivity contribution >= 4 is 45.8 Å². The molecule has 0 N–H and O–H groups in total. The molecule has 3 heterocycles. The lowest BCUT2D eigenvalue weighted by Gasteiger charge is -2.34. The van der Waals surface area contributed by atoms with Crippen molar-refractivity contribution in [1.82, 2.24) is 19.8 Å². The molecule has 1 saturated heterocycles. The van der Waals surface area contributed by atoms with E-state index in [0.29, 0.717) is 54.6 Å². The molecule has 30 heavy (non-hydrogen) atoms. The van der Waals surface area contributed by atoms with E-state index < -0.39 is 0 Å². The molecule has 9 heteroatoms. The molecule has 0 radical (unpaired) electrons. The molecule has 1 aliphatic heterocycles. The van der Waals surface area contributed by atoms with Crippen LogP contribution in [-0.2, 0) is 4.74 Å². The molecule has 2 aromatic heterocycles. The van der Waals surface area contributed by atoms with Crippen LogP contribution in [0.25, 0.3) is 22.3 Å². The van der Waals surface area contributed by atoms with Crippen LogP contribution < -0.4 is 0 Å². The Morgan fingerprint density at radius 3 is 2.60 bits per heavy atom. The fraction of sp³-hybridized carbons (Fsp3) is 0.333. The molecule has 0 atom stereocenters. The number of ether oxygens (including phenoxy) is 1. The van der Waals surface area contributed by atoms with Crippen LogP contribution in [0.4, 0.5) is 4.79 Å². The van der Waals surface area contributed by atoms with Crippen LogP contribution in [0.5, 0.6) is 0 Å². The van der Waals surface area contributed by atoms with E-state index in [1.807, 2.05) is 18.4 Å². The van der Waals surface area contributed by atoms with Gasteiger partial charge >= 0.3 is 6.09 Å².